The van der Waals surface area contributed by atoms with Crippen LogP contribution in [0.15, 0.2) is 24.3 Å². The highest BCUT2D eigenvalue weighted by atomic mass is 16.5. The zero-order valence-corrected chi connectivity index (χ0v) is 14.2. The van der Waals surface area contributed by atoms with Crippen LogP contribution >= 0.6 is 0 Å². The molecule has 0 aromatic heterocycles. The van der Waals surface area contributed by atoms with Gasteiger partial charge in [-0.05, 0) is 30.4 Å². The molecule has 5 nitrogen and oxygen atoms in total. The van der Waals surface area contributed by atoms with Crippen LogP contribution < -0.4 is 5.32 Å². The molecule has 2 aliphatic heterocycles. The van der Waals surface area contributed by atoms with Crippen molar-refractivity contribution in [3.8, 4) is 0 Å². The lowest BCUT2D eigenvalue weighted by Crippen LogP contribution is -2.50. The number of fused-ring (bicyclic) bond motifs is 1. The Morgan fingerprint density at radius 3 is 2.58 bits per heavy atom. The molecule has 2 fully saturated rings. The minimum absolute atomic E-state index is 0.166. The molecule has 0 radical (unpaired) electrons. The number of rotatable bonds is 2. The number of morpholine rings is 1. The summed E-state index contributed by atoms with van der Waals surface area (Å²) in [5.41, 5.74) is 3.00. The van der Waals surface area contributed by atoms with Crippen LogP contribution in [0.3, 0.4) is 0 Å². The van der Waals surface area contributed by atoms with E-state index < -0.39 is 0 Å². The van der Waals surface area contributed by atoms with Crippen LogP contribution in [0.5, 0.6) is 0 Å². The van der Waals surface area contributed by atoms with E-state index in [9.17, 15) is 4.79 Å². The third kappa shape index (κ3) is 3.34. The molecule has 0 saturated carbocycles. The Balaban J connectivity index is 1.34. The summed E-state index contributed by atoms with van der Waals surface area (Å²) in [6.45, 7) is 5.88. The van der Waals surface area contributed by atoms with E-state index in [1.54, 1.807) is 0 Å². The van der Waals surface area contributed by atoms with Crippen molar-refractivity contribution in [3.05, 3.63) is 35.4 Å². The maximum Gasteiger partial charge on any atom is 0.253 e. The summed E-state index contributed by atoms with van der Waals surface area (Å²) >= 11 is 0. The normalized spacial score (nSPS) is 26.2. The fourth-order valence-corrected chi connectivity index (χ4v) is 4.24. The fraction of sp³-hybridized carbons (Fsp3) is 0.632. The topological polar surface area (TPSA) is 44.8 Å². The molecule has 1 amide bonds. The quantitative estimate of drug-likeness (QED) is 0.867. The molecule has 3 aliphatic rings. The van der Waals surface area contributed by atoms with Crippen LogP contribution in [-0.4, -0.2) is 73.7 Å². The van der Waals surface area contributed by atoms with Crippen molar-refractivity contribution in [1.82, 2.24) is 15.1 Å². The van der Waals surface area contributed by atoms with Crippen molar-refractivity contribution >= 4 is 5.91 Å². The molecule has 1 N–H and O–H groups in total. The van der Waals surface area contributed by atoms with E-state index in [4.69, 9.17) is 4.74 Å². The molecule has 5 heteroatoms. The van der Waals surface area contributed by atoms with Gasteiger partial charge in [0, 0.05) is 45.3 Å². The highest BCUT2D eigenvalue weighted by molar-refractivity contribution is 5.81. The van der Waals surface area contributed by atoms with E-state index in [-0.39, 0.29) is 12.0 Å². The van der Waals surface area contributed by atoms with Gasteiger partial charge in [-0.15, -0.1) is 0 Å². The number of nitrogens with zero attached hydrogens (tertiary/aromatic N) is 2. The smallest absolute Gasteiger partial charge is 0.253 e. The molecule has 24 heavy (non-hydrogen) atoms. The Hall–Kier alpha value is -1.43. The fourth-order valence-electron chi connectivity index (χ4n) is 4.24. The summed E-state index contributed by atoms with van der Waals surface area (Å²) in [4.78, 5) is 17.3. The summed E-state index contributed by atoms with van der Waals surface area (Å²) in [5.74, 6) is 0.166. The van der Waals surface area contributed by atoms with Crippen LogP contribution in [0.2, 0.25) is 0 Å². The summed E-state index contributed by atoms with van der Waals surface area (Å²) in [7, 11) is 0. The molecule has 2 saturated heterocycles. The molecule has 130 valence electrons. The molecular formula is C19H27N3O2. The molecule has 2 heterocycles. The van der Waals surface area contributed by atoms with Crippen LogP contribution in [0.25, 0.3) is 0 Å². The highest BCUT2D eigenvalue weighted by Gasteiger charge is 2.31. The van der Waals surface area contributed by atoms with Gasteiger partial charge < -0.3 is 15.0 Å². The third-order valence-corrected chi connectivity index (χ3v) is 5.59. The van der Waals surface area contributed by atoms with Crippen molar-refractivity contribution < 1.29 is 9.53 Å². The number of nitrogens with one attached hydrogen (secondary N) is 1. The Kier molecular flexibility index (Phi) is 4.83. The number of benzene rings is 1. The number of carbonyl (C=O) groups excluding carboxylic acids is 1. The highest BCUT2D eigenvalue weighted by Crippen LogP contribution is 2.26. The predicted octanol–water partition coefficient (Wildman–Crippen LogP) is 0.677. The third-order valence-electron chi connectivity index (χ3n) is 5.59. The van der Waals surface area contributed by atoms with Gasteiger partial charge in [-0.3, -0.25) is 9.69 Å². The van der Waals surface area contributed by atoms with Gasteiger partial charge in [0.15, 0.2) is 0 Å². The van der Waals surface area contributed by atoms with Gasteiger partial charge in [-0.1, -0.05) is 24.3 Å². The van der Waals surface area contributed by atoms with E-state index in [0.717, 1.165) is 52.0 Å². The maximum absolute atomic E-state index is 12.7. The second-order valence-electron chi connectivity index (χ2n) is 7.11. The summed E-state index contributed by atoms with van der Waals surface area (Å²) in [6.07, 6.45) is 3.07. The number of ether oxygens (including phenoxy) is 1. The second kappa shape index (κ2) is 7.21. The first-order valence-electron chi connectivity index (χ1n) is 9.23. The molecule has 1 aliphatic carbocycles. The molecule has 0 spiro atoms. The van der Waals surface area contributed by atoms with Crippen LogP contribution in [-0.2, 0) is 22.4 Å². The Morgan fingerprint density at radius 1 is 1.08 bits per heavy atom. The second-order valence-corrected chi connectivity index (χ2v) is 7.11. The van der Waals surface area contributed by atoms with Gasteiger partial charge in [-0.25, -0.2) is 0 Å². The first-order valence-corrected chi connectivity index (χ1v) is 9.23. The van der Waals surface area contributed by atoms with Gasteiger partial charge in [0.05, 0.1) is 6.61 Å². The van der Waals surface area contributed by atoms with Crippen LogP contribution in [0, 0.1) is 0 Å². The van der Waals surface area contributed by atoms with E-state index >= 15 is 0 Å². The van der Waals surface area contributed by atoms with Gasteiger partial charge in [-0.2, -0.15) is 0 Å². The van der Waals surface area contributed by atoms with E-state index in [0.29, 0.717) is 19.2 Å². The molecular weight excluding hydrogens is 302 g/mol. The molecule has 1 aromatic rings. The average Bonchev–Trinajstić information content (AvgIpc) is 2.91. The summed E-state index contributed by atoms with van der Waals surface area (Å²) in [6, 6.07) is 9.40. The minimum Gasteiger partial charge on any atom is -0.366 e. The molecule has 0 unspecified atom stereocenters. The predicted molar refractivity (Wildman–Crippen MR) is 93.0 cm³/mol. The Morgan fingerprint density at radius 2 is 1.88 bits per heavy atom. The van der Waals surface area contributed by atoms with Gasteiger partial charge in [0.1, 0.15) is 6.10 Å². The van der Waals surface area contributed by atoms with Gasteiger partial charge in [0.2, 0.25) is 0 Å². The lowest BCUT2D eigenvalue weighted by Gasteiger charge is -2.30. The molecule has 4 rings (SSSR count). The van der Waals surface area contributed by atoms with Crippen LogP contribution in [0.4, 0.5) is 0 Å². The van der Waals surface area contributed by atoms with Gasteiger partial charge >= 0.3 is 0 Å². The zero-order chi connectivity index (χ0) is 16.4. The number of hydrogen-bond donors (Lipinski definition) is 1. The van der Waals surface area contributed by atoms with Crippen molar-refractivity contribution in [2.75, 3.05) is 45.9 Å². The lowest BCUT2D eigenvalue weighted by atomic mass is 10.1. The van der Waals surface area contributed by atoms with E-state index in [2.05, 4.69) is 34.5 Å². The average molecular weight is 329 g/mol. The van der Waals surface area contributed by atoms with Crippen LogP contribution in [0.1, 0.15) is 17.5 Å². The first kappa shape index (κ1) is 16.1. The summed E-state index contributed by atoms with van der Waals surface area (Å²) in [5, 5.41) is 3.25. The summed E-state index contributed by atoms with van der Waals surface area (Å²) < 4.78 is 5.64. The zero-order valence-electron chi connectivity index (χ0n) is 14.2. The number of hydrogen-bond acceptors (Lipinski definition) is 4. The standard InChI is InChI=1S/C19H27N3O2/c23-19(18-14-20-6-11-24-18)22-8-3-7-21(9-10-22)17-12-15-4-1-2-5-16(15)13-17/h1-2,4-5,17-18,20H,3,6-14H2/t18-/m0/s1. The molecule has 0 bridgehead atoms. The lowest BCUT2D eigenvalue weighted by molar-refractivity contribution is -0.145. The van der Waals surface area contributed by atoms with Gasteiger partial charge in [0.25, 0.3) is 5.91 Å². The van der Waals surface area contributed by atoms with E-state index in [1.807, 2.05) is 4.90 Å². The van der Waals surface area contributed by atoms with Crippen molar-refractivity contribution in [2.45, 2.75) is 31.4 Å². The SMILES string of the molecule is O=C([C@@H]1CNCCO1)N1CCCN(C2Cc3ccccc3C2)CC1. The Labute approximate surface area is 144 Å². The monoisotopic (exact) mass is 329 g/mol. The minimum atomic E-state index is -0.291. The Bertz CT molecular complexity index is 561. The molecule has 1 atom stereocenters. The molecule has 1 aromatic carbocycles. The number of carbonyl (C=O) groups is 1. The van der Waals surface area contributed by atoms with E-state index in [1.165, 1.54) is 11.1 Å². The first-order chi connectivity index (χ1) is 11.8. The van der Waals surface area contributed by atoms with Crippen molar-refractivity contribution in [2.24, 2.45) is 0 Å². The van der Waals surface area contributed by atoms with Crippen molar-refractivity contribution in [3.63, 3.8) is 0 Å². The largest absolute Gasteiger partial charge is 0.366 e. The number of amides is 1. The van der Waals surface area contributed by atoms with Crippen molar-refractivity contribution in [1.29, 1.82) is 0 Å². The maximum atomic E-state index is 12.7.